The minimum Gasteiger partial charge on any atom is -0.328 e. The molecule has 2 aliphatic rings. The molecule has 0 aliphatic carbocycles. The van der Waals surface area contributed by atoms with E-state index in [1.807, 2.05) is 0 Å². The summed E-state index contributed by atoms with van der Waals surface area (Å²) in [5.74, 6) is 0.0861. The highest BCUT2D eigenvalue weighted by Crippen LogP contribution is 2.10. The number of nitrogens with zero attached hydrogens (tertiary/aromatic N) is 2. The predicted octanol–water partition coefficient (Wildman–Crippen LogP) is -0.427. The molecule has 0 unspecified atom stereocenters. The summed E-state index contributed by atoms with van der Waals surface area (Å²) in [4.78, 5) is 19.1. The van der Waals surface area contributed by atoms with Crippen LogP contribution < -0.4 is 5.73 Å². The molecule has 0 saturated carbocycles. The van der Waals surface area contributed by atoms with Crippen molar-refractivity contribution in [3.05, 3.63) is 0 Å². The van der Waals surface area contributed by atoms with Gasteiger partial charge in [-0.3, -0.25) is 14.5 Å². The fourth-order valence-electron chi connectivity index (χ4n) is 2.03. The van der Waals surface area contributed by atoms with Crippen LogP contribution in [-0.4, -0.2) is 54.7 Å². The lowest BCUT2D eigenvalue weighted by molar-refractivity contribution is -0.170. The first-order chi connectivity index (χ1) is 7.25. The maximum Gasteiger partial charge on any atom is 0.260 e. The Morgan fingerprint density at radius 2 is 2.07 bits per heavy atom. The van der Waals surface area contributed by atoms with Crippen molar-refractivity contribution in [1.82, 2.24) is 9.96 Å². The van der Waals surface area contributed by atoms with E-state index in [0.717, 1.165) is 38.9 Å². The van der Waals surface area contributed by atoms with Crippen LogP contribution in [0, 0.1) is 0 Å². The molecule has 0 aromatic carbocycles. The van der Waals surface area contributed by atoms with Gasteiger partial charge in [0, 0.05) is 19.1 Å². The summed E-state index contributed by atoms with van der Waals surface area (Å²) in [6.07, 6.45) is 2.94. The molecule has 5 heteroatoms. The summed E-state index contributed by atoms with van der Waals surface area (Å²) in [5, 5.41) is 1.49. The molecule has 2 N–H and O–H groups in total. The van der Waals surface area contributed by atoms with E-state index in [-0.39, 0.29) is 5.91 Å². The summed E-state index contributed by atoms with van der Waals surface area (Å²) < 4.78 is 0. The van der Waals surface area contributed by atoms with Crippen LogP contribution in [0.2, 0.25) is 0 Å². The van der Waals surface area contributed by atoms with Gasteiger partial charge in [-0.25, -0.2) is 5.06 Å². The smallest absolute Gasteiger partial charge is 0.260 e. The van der Waals surface area contributed by atoms with Crippen molar-refractivity contribution in [3.63, 3.8) is 0 Å². The van der Waals surface area contributed by atoms with Crippen molar-refractivity contribution in [2.75, 3.05) is 32.8 Å². The predicted molar refractivity (Wildman–Crippen MR) is 55.9 cm³/mol. The Morgan fingerprint density at radius 3 is 2.67 bits per heavy atom. The van der Waals surface area contributed by atoms with E-state index in [1.165, 1.54) is 5.06 Å². The fourth-order valence-corrected chi connectivity index (χ4v) is 2.03. The molecular weight excluding hydrogens is 194 g/mol. The van der Waals surface area contributed by atoms with Crippen LogP contribution in [0.25, 0.3) is 0 Å². The lowest BCUT2D eigenvalue weighted by Gasteiger charge is -2.30. The second-order valence-corrected chi connectivity index (χ2v) is 4.30. The molecule has 1 amide bonds. The van der Waals surface area contributed by atoms with Crippen molar-refractivity contribution in [1.29, 1.82) is 0 Å². The molecule has 0 radical (unpaired) electrons. The van der Waals surface area contributed by atoms with E-state index < -0.39 is 0 Å². The number of hydroxylamine groups is 2. The van der Waals surface area contributed by atoms with Crippen molar-refractivity contribution < 1.29 is 9.63 Å². The van der Waals surface area contributed by atoms with E-state index in [4.69, 9.17) is 10.6 Å². The van der Waals surface area contributed by atoms with Crippen LogP contribution >= 0.6 is 0 Å². The zero-order chi connectivity index (χ0) is 10.7. The lowest BCUT2D eigenvalue weighted by Crippen LogP contribution is -2.44. The second-order valence-electron chi connectivity index (χ2n) is 4.30. The standard InChI is InChI=1S/C10H19N3O2/c11-9-2-5-12(6-3-9)8-10(14)13-4-1-7-15-13/h9H,1-8,11H2. The summed E-state index contributed by atoms with van der Waals surface area (Å²) in [6, 6.07) is 0.319. The molecule has 0 aromatic heterocycles. The molecule has 2 rings (SSSR count). The number of likely N-dealkylation sites (tertiary alicyclic amines) is 1. The lowest BCUT2D eigenvalue weighted by atomic mass is 10.1. The van der Waals surface area contributed by atoms with E-state index >= 15 is 0 Å². The molecule has 0 spiro atoms. The highest BCUT2D eigenvalue weighted by Gasteiger charge is 2.23. The molecular formula is C10H19N3O2. The van der Waals surface area contributed by atoms with E-state index in [2.05, 4.69) is 4.90 Å². The van der Waals surface area contributed by atoms with Gasteiger partial charge in [0.1, 0.15) is 0 Å². The number of carbonyl (C=O) groups excluding carboxylic acids is 1. The quantitative estimate of drug-likeness (QED) is 0.676. The number of amides is 1. The van der Waals surface area contributed by atoms with E-state index in [0.29, 0.717) is 19.2 Å². The average Bonchev–Trinajstić information content (AvgIpc) is 2.74. The Labute approximate surface area is 90.1 Å². The summed E-state index contributed by atoms with van der Waals surface area (Å²) in [6.45, 7) is 3.76. The molecule has 2 heterocycles. The minimum atomic E-state index is 0.0861. The Hall–Kier alpha value is -0.650. The van der Waals surface area contributed by atoms with Gasteiger partial charge in [-0.2, -0.15) is 0 Å². The molecule has 0 aromatic rings. The van der Waals surface area contributed by atoms with Crippen molar-refractivity contribution >= 4 is 5.91 Å². The monoisotopic (exact) mass is 213 g/mol. The third kappa shape index (κ3) is 2.90. The SMILES string of the molecule is NC1CCN(CC(=O)N2CCCO2)CC1. The maximum atomic E-state index is 11.7. The Kier molecular flexibility index (Phi) is 3.56. The molecule has 0 atom stereocenters. The van der Waals surface area contributed by atoms with Gasteiger partial charge in [0.05, 0.1) is 19.7 Å². The Balaban J connectivity index is 1.74. The summed E-state index contributed by atoms with van der Waals surface area (Å²) in [5.41, 5.74) is 5.80. The molecule has 0 bridgehead atoms. The van der Waals surface area contributed by atoms with Crippen molar-refractivity contribution in [3.8, 4) is 0 Å². The largest absolute Gasteiger partial charge is 0.328 e. The Morgan fingerprint density at radius 1 is 1.33 bits per heavy atom. The molecule has 5 nitrogen and oxygen atoms in total. The zero-order valence-corrected chi connectivity index (χ0v) is 9.02. The van der Waals surface area contributed by atoms with Crippen LogP contribution in [0.4, 0.5) is 0 Å². The highest BCUT2D eigenvalue weighted by molar-refractivity contribution is 5.77. The first kappa shape index (κ1) is 10.9. The summed E-state index contributed by atoms with van der Waals surface area (Å²) in [7, 11) is 0. The van der Waals surface area contributed by atoms with Crippen molar-refractivity contribution in [2.45, 2.75) is 25.3 Å². The molecule has 2 saturated heterocycles. The zero-order valence-electron chi connectivity index (χ0n) is 9.02. The van der Waals surface area contributed by atoms with Crippen LogP contribution in [0.1, 0.15) is 19.3 Å². The fraction of sp³-hybridized carbons (Fsp3) is 0.900. The number of hydrogen-bond donors (Lipinski definition) is 1. The molecule has 2 fully saturated rings. The van der Waals surface area contributed by atoms with E-state index in [1.54, 1.807) is 0 Å². The Bertz CT molecular complexity index is 221. The van der Waals surface area contributed by atoms with Crippen LogP contribution in [0.15, 0.2) is 0 Å². The van der Waals surface area contributed by atoms with Gasteiger partial charge in [-0.05, 0) is 19.3 Å². The van der Waals surface area contributed by atoms with Gasteiger partial charge in [-0.1, -0.05) is 0 Å². The van der Waals surface area contributed by atoms with Crippen LogP contribution in [-0.2, 0) is 9.63 Å². The molecule has 86 valence electrons. The number of rotatable bonds is 2. The molecule has 15 heavy (non-hydrogen) atoms. The van der Waals surface area contributed by atoms with Gasteiger partial charge >= 0.3 is 0 Å². The number of piperidine rings is 1. The minimum absolute atomic E-state index is 0.0861. The number of carbonyl (C=O) groups is 1. The molecule has 2 aliphatic heterocycles. The first-order valence-corrected chi connectivity index (χ1v) is 5.67. The van der Waals surface area contributed by atoms with Gasteiger partial charge in [-0.15, -0.1) is 0 Å². The number of hydrogen-bond acceptors (Lipinski definition) is 4. The topological polar surface area (TPSA) is 58.8 Å². The number of nitrogens with two attached hydrogens (primary N) is 1. The van der Waals surface area contributed by atoms with E-state index in [9.17, 15) is 4.79 Å². The first-order valence-electron chi connectivity index (χ1n) is 5.67. The third-order valence-corrected chi connectivity index (χ3v) is 3.02. The van der Waals surface area contributed by atoms with Crippen molar-refractivity contribution in [2.24, 2.45) is 5.73 Å². The van der Waals surface area contributed by atoms with Gasteiger partial charge in [0.25, 0.3) is 5.91 Å². The second kappa shape index (κ2) is 4.92. The third-order valence-electron chi connectivity index (χ3n) is 3.02. The summed E-state index contributed by atoms with van der Waals surface area (Å²) >= 11 is 0. The van der Waals surface area contributed by atoms with Gasteiger partial charge < -0.3 is 5.73 Å². The normalized spacial score (nSPS) is 24.7. The highest BCUT2D eigenvalue weighted by atomic mass is 16.7. The average molecular weight is 213 g/mol. The van der Waals surface area contributed by atoms with Gasteiger partial charge in [0.15, 0.2) is 0 Å². The van der Waals surface area contributed by atoms with Gasteiger partial charge in [0.2, 0.25) is 0 Å². The van der Waals surface area contributed by atoms with Crippen LogP contribution in [0.3, 0.4) is 0 Å². The van der Waals surface area contributed by atoms with Crippen LogP contribution in [0.5, 0.6) is 0 Å². The maximum absolute atomic E-state index is 11.7.